The molecule has 0 atom stereocenters. The molecule has 0 N–H and O–H groups in total. The molecule has 2 aromatic heterocycles. The predicted octanol–water partition coefficient (Wildman–Crippen LogP) is -1.94. The maximum atomic E-state index is 10.5. The molecule has 0 aromatic carbocycles. The fraction of sp³-hybridized carbons (Fsp3) is 0. The molecule has 0 aliphatic carbocycles. The van der Waals surface area contributed by atoms with Crippen LogP contribution in [0.15, 0.2) is 12.5 Å². The summed E-state index contributed by atoms with van der Waals surface area (Å²) in [6.07, 6.45) is 3.43. The minimum Gasteiger partial charge on any atom is -0.441 e. The summed E-state index contributed by atoms with van der Waals surface area (Å²) in [6, 6.07) is 0. The Bertz CT molecular complexity index is 442. The molecule has 0 saturated carbocycles. The van der Waals surface area contributed by atoms with Gasteiger partial charge >= 0.3 is 51.4 Å². The molecule has 0 unspecified atom stereocenters. The van der Waals surface area contributed by atoms with E-state index in [1.54, 1.807) is 0 Å². The molecule has 13 heavy (non-hydrogen) atoms. The van der Waals surface area contributed by atoms with E-state index < -0.39 is 0 Å². The first-order valence-electron chi connectivity index (χ1n) is 3.20. The van der Waals surface area contributed by atoms with Gasteiger partial charge in [-0.2, -0.15) is 0 Å². The quantitative estimate of drug-likeness (QED) is 0.318. The zero-order chi connectivity index (χ0) is 8.55. The molecule has 2 rings (SSSR count). The van der Waals surface area contributed by atoms with Gasteiger partial charge in [-0.3, -0.25) is 4.79 Å². The molecule has 6 heteroatoms. The SMILES string of the molecule is O=Cc1c[n-]c2ncnc(Cl)c12.[K+]. The van der Waals surface area contributed by atoms with Gasteiger partial charge in [-0.05, 0) is 5.65 Å². The summed E-state index contributed by atoms with van der Waals surface area (Å²) in [5.41, 5.74) is 0.882. The van der Waals surface area contributed by atoms with E-state index in [1.165, 1.54) is 12.5 Å². The molecule has 4 nitrogen and oxygen atoms in total. The van der Waals surface area contributed by atoms with Gasteiger partial charge in [-0.25, -0.2) is 4.98 Å². The Morgan fingerprint density at radius 3 is 2.92 bits per heavy atom. The van der Waals surface area contributed by atoms with Gasteiger partial charge in [0, 0.05) is 17.3 Å². The summed E-state index contributed by atoms with van der Waals surface area (Å²) in [5.74, 6) is 0. The standard InChI is InChI=1S/C7H4ClN3O.K/c8-6-5-4(2-12)1-9-7(5)11-3-10-6;/h1-3H,(H,9,10,11,12);/q;+1/p-1. The number of halogens is 1. The smallest absolute Gasteiger partial charge is 0.441 e. The fourth-order valence-corrected chi connectivity index (χ4v) is 1.22. The van der Waals surface area contributed by atoms with Crippen LogP contribution in [0.2, 0.25) is 5.15 Å². The molecular formula is C7H3ClKN3O. The Morgan fingerprint density at radius 2 is 2.23 bits per heavy atom. The molecule has 0 amide bonds. The maximum absolute atomic E-state index is 10.5. The summed E-state index contributed by atoms with van der Waals surface area (Å²) in [5, 5.41) is 0.786. The number of carbonyl (C=O) groups excluding carboxylic acids is 1. The van der Waals surface area contributed by atoms with Gasteiger partial charge in [-0.15, -0.1) is 0 Å². The van der Waals surface area contributed by atoms with Crippen molar-refractivity contribution in [2.75, 3.05) is 0 Å². The van der Waals surface area contributed by atoms with Crippen LogP contribution >= 0.6 is 11.6 Å². The first kappa shape index (κ1) is 11.3. The van der Waals surface area contributed by atoms with Crippen molar-refractivity contribution in [3.05, 3.63) is 23.2 Å². The third-order valence-electron chi connectivity index (χ3n) is 1.52. The van der Waals surface area contributed by atoms with Crippen LogP contribution in [0.5, 0.6) is 0 Å². The number of aromatic nitrogens is 3. The summed E-state index contributed by atoms with van der Waals surface area (Å²) < 4.78 is 0. The van der Waals surface area contributed by atoms with Crippen LogP contribution in [-0.2, 0) is 0 Å². The molecule has 0 saturated heterocycles. The number of hydrogen-bond donors (Lipinski definition) is 0. The second-order valence-electron chi connectivity index (χ2n) is 2.19. The monoisotopic (exact) mass is 219 g/mol. The fourth-order valence-electron chi connectivity index (χ4n) is 0.986. The summed E-state index contributed by atoms with van der Waals surface area (Å²) >= 11 is 5.73. The number of hydrogen-bond acceptors (Lipinski definition) is 3. The van der Waals surface area contributed by atoms with Gasteiger partial charge in [0.1, 0.15) is 11.4 Å². The molecule has 0 aliphatic rings. The van der Waals surface area contributed by atoms with E-state index in [0.717, 1.165) is 0 Å². The molecule has 0 radical (unpaired) electrons. The van der Waals surface area contributed by atoms with Gasteiger partial charge in [0.25, 0.3) is 0 Å². The summed E-state index contributed by atoms with van der Waals surface area (Å²) in [7, 11) is 0. The molecule has 0 fully saturated rings. The van der Waals surface area contributed by atoms with Crippen molar-refractivity contribution >= 4 is 28.9 Å². The average Bonchev–Trinajstić information content (AvgIpc) is 2.49. The zero-order valence-corrected chi connectivity index (χ0v) is 10.7. The summed E-state index contributed by atoms with van der Waals surface area (Å²) in [4.78, 5) is 22.0. The minimum absolute atomic E-state index is 0. The number of fused-ring (bicyclic) bond motifs is 1. The van der Waals surface area contributed by atoms with E-state index >= 15 is 0 Å². The van der Waals surface area contributed by atoms with Crippen LogP contribution in [0.3, 0.4) is 0 Å². The van der Waals surface area contributed by atoms with Gasteiger partial charge in [-0.1, -0.05) is 17.8 Å². The Morgan fingerprint density at radius 1 is 1.46 bits per heavy atom. The summed E-state index contributed by atoms with van der Waals surface area (Å²) in [6.45, 7) is 0. The molecule has 0 bridgehead atoms. The number of carbonyl (C=O) groups is 1. The Kier molecular flexibility index (Phi) is 4.02. The van der Waals surface area contributed by atoms with E-state index in [1.807, 2.05) is 0 Å². The molecule has 0 aliphatic heterocycles. The first-order valence-corrected chi connectivity index (χ1v) is 3.58. The van der Waals surface area contributed by atoms with Crippen molar-refractivity contribution in [2.45, 2.75) is 0 Å². The normalized spacial score (nSPS) is 9.62. The van der Waals surface area contributed by atoms with Crippen LogP contribution < -0.4 is 56.4 Å². The van der Waals surface area contributed by atoms with Crippen molar-refractivity contribution in [2.24, 2.45) is 0 Å². The van der Waals surface area contributed by atoms with Gasteiger partial charge in [0.05, 0.1) is 0 Å². The van der Waals surface area contributed by atoms with Crippen LogP contribution in [0.25, 0.3) is 11.0 Å². The van der Waals surface area contributed by atoms with Crippen LogP contribution in [0, 0.1) is 0 Å². The van der Waals surface area contributed by atoms with E-state index in [9.17, 15) is 4.79 Å². The Labute approximate surface area is 122 Å². The minimum atomic E-state index is 0. The van der Waals surface area contributed by atoms with E-state index in [-0.39, 0.29) is 56.5 Å². The van der Waals surface area contributed by atoms with Crippen LogP contribution in [-0.4, -0.2) is 16.3 Å². The Hall–Kier alpha value is 0.216. The third-order valence-corrected chi connectivity index (χ3v) is 1.81. The van der Waals surface area contributed by atoms with Gasteiger partial charge in [0.15, 0.2) is 0 Å². The van der Waals surface area contributed by atoms with Crippen LogP contribution in [0.1, 0.15) is 10.4 Å². The molecule has 2 aromatic rings. The molecule has 60 valence electrons. The predicted molar refractivity (Wildman–Crippen MR) is 43.3 cm³/mol. The second kappa shape index (κ2) is 4.63. The second-order valence-corrected chi connectivity index (χ2v) is 2.55. The molecule has 0 spiro atoms. The first-order chi connectivity index (χ1) is 5.83. The molecular weight excluding hydrogens is 217 g/mol. The zero-order valence-electron chi connectivity index (χ0n) is 6.86. The molecule has 2 heterocycles. The number of rotatable bonds is 1. The van der Waals surface area contributed by atoms with E-state index in [2.05, 4.69) is 15.0 Å². The van der Waals surface area contributed by atoms with E-state index in [4.69, 9.17) is 11.6 Å². The van der Waals surface area contributed by atoms with Crippen molar-refractivity contribution in [3.8, 4) is 0 Å². The van der Waals surface area contributed by atoms with Gasteiger partial charge < -0.3 is 9.97 Å². The van der Waals surface area contributed by atoms with Crippen molar-refractivity contribution in [1.29, 1.82) is 0 Å². The Balaban J connectivity index is 0.000000845. The van der Waals surface area contributed by atoms with Crippen LogP contribution in [0.4, 0.5) is 0 Å². The number of aldehydes is 1. The van der Waals surface area contributed by atoms with E-state index in [0.29, 0.717) is 22.9 Å². The van der Waals surface area contributed by atoms with Crippen molar-refractivity contribution in [1.82, 2.24) is 15.0 Å². The van der Waals surface area contributed by atoms with Crippen molar-refractivity contribution < 1.29 is 56.2 Å². The van der Waals surface area contributed by atoms with Gasteiger partial charge in [0.2, 0.25) is 0 Å². The number of nitrogens with zero attached hydrogens (tertiary/aromatic N) is 3. The topological polar surface area (TPSA) is 57.0 Å². The average molecular weight is 220 g/mol. The van der Waals surface area contributed by atoms with Crippen molar-refractivity contribution in [3.63, 3.8) is 0 Å². The largest absolute Gasteiger partial charge is 1.00 e. The third kappa shape index (κ3) is 2.01. The maximum Gasteiger partial charge on any atom is 1.00 e.